The summed E-state index contributed by atoms with van der Waals surface area (Å²) in [7, 11) is 0. The van der Waals surface area contributed by atoms with Gasteiger partial charge in [-0.15, -0.1) is 0 Å². The van der Waals surface area contributed by atoms with Crippen LogP contribution in [0.25, 0.3) is 0 Å². The monoisotopic (exact) mass is 329 g/mol. The van der Waals surface area contributed by atoms with Crippen molar-refractivity contribution in [1.29, 1.82) is 5.26 Å². The van der Waals surface area contributed by atoms with Gasteiger partial charge in [-0.3, -0.25) is 9.59 Å². The van der Waals surface area contributed by atoms with Crippen molar-refractivity contribution in [3.05, 3.63) is 29.8 Å². The molecule has 1 aromatic carbocycles. The minimum Gasteiger partial charge on any atom is -0.347 e. The molecule has 1 spiro atoms. The van der Waals surface area contributed by atoms with Gasteiger partial charge in [0.1, 0.15) is 12.2 Å². The summed E-state index contributed by atoms with van der Waals surface area (Å²) in [6.07, 6.45) is 3.68. The quantitative estimate of drug-likeness (QED) is 0.814. The third-order valence-corrected chi connectivity index (χ3v) is 4.27. The average Bonchev–Trinajstić information content (AvgIpc) is 3.23. The van der Waals surface area contributed by atoms with E-state index in [0.717, 1.165) is 25.7 Å². The van der Waals surface area contributed by atoms with Crippen LogP contribution in [0.1, 0.15) is 31.2 Å². The van der Waals surface area contributed by atoms with Crippen LogP contribution in [0.2, 0.25) is 0 Å². The third kappa shape index (κ3) is 3.55. The van der Waals surface area contributed by atoms with Gasteiger partial charge in [0, 0.05) is 19.4 Å². The Bertz CT molecular complexity index is 677. The number of benzene rings is 1. The number of hydrogen-bond acceptors (Lipinski definition) is 5. The molecule has 1 saturated heterocycles. The van der Waals surface area contributed by atoms with E-state index in [9.17, 15) is 9.59 Å². The lowest BCUT2D eigenvalue weighted by Crippen LogP contribution is -2.40. The third-order valence-electron chi connectivity index (χ3n) is 4.27. The van der Waals surface area contributed by atoms with Crippen molar-refractivity contribution in [3.8, 4) is 6.07 Å². The van der Waals surface area contributed by atoms with Crippen molar-refractivity contribution >= 4 is 17.5 Å². The molecule has 7 heteroatoms. The van der Waals surface area contributed by atoms with Crippen LogP contribution in [0.3, 0.4) is 0 Å². The maximum Gasteiger partial charge on any atom is 0.313 e. The average molecular weight is 329 g/mol. The summed E-state index contributed by atoms with van der Waals surface area (Å²) >= 11 is 0. The molecule has 0 bridgehead atoms. The number of nitrogens with zero attached hydrogens (tertiary/aromatic N) is 1. The lowest BCUT2D eigenvalue weighted by Gasteiger charge is -2.21. The van der Waals surface area contributed by atoms with Crippen LogP contribution in [-0.2, 0) is 19.1 Å². The molecule has 1 heterocycles. The van der Waals surface area contributed by atoms with E-state index < -0.39 is 17.6 Å². The van der Waals surface area contributed by atoms with Gasteiger partial charge in [0.25, 0.3) is 0 Å². The standard InChI is InChI=1S/C17H19N3O4/c18-9-12-5-1-2-6-14(12)20-16(22)15(21)19-10-13-11-23-17(24-13)7-3-4-8-17/h1-2,5-6,13H,3-4,7-8,10-11H2,(H,19,21)(H,20,22). The van der Waals surface area contributed by atoms with Crippen LogP contribution in [0.4, 0.5) is 5.69 Å². The highest BCUT2D eigenvalue weighted by molar-refractivity contribution is 6.39. The van der Waals surface area contributed by atoms with Crippen molar-refractivity contribution < 1.29 is 19.1 Å². The van der Waals surface area contributed by atoms with Gasteiger partial charge in [0.2, 0.25) is 0 Å². The van der Waals surface area contributed by atoms with Crippen molar-refractivity contribution in [3.63, 3.8) is 0 Å². The summed E-state index contributed by atoms with van der Waals surface area (Å²) in [6.45, 7) is 0.632. The Hall–Kier alpha value is -2.43. The first-order valence-corrected chi connectivity index (χ1v) is 8.02. The number of amides is 2. The molecule has 3 rings (SSSR count). The smallest absolute Gasteiger partial charge is 0.313 e. The van der Waals surface area contributed by atoms with Crippen LogP contribution < -0.4 is 10.6 Å². The second-order valence-corrected chi connectivity index (χ2v) is 5.99. The van der Waals surface area contributed by atoms with Crippen molar-refractivity contribution in [1.82, 2.24) is 5.32 Å². The molecule has 0 radical (unpaired) electrons. The molecule has 1 atom stereocenters. The Labute approximate surface area is 139 Å². The molecule has 7 nitrogen and oxygen atoms in total. The van der Waals surface area contributed by atoms with Gasteiger partial charge in [0.05, 0.1) is 17.9 Å². The van der Waals surface area contributed by atoms with Gasteiger partial charge >= 0.3 is 11.8 Å². The number of carbonyl (C=O) groups is 2. The first-order chi connectivity index (χ1) is 11.6. The molecule has 2 amide bonds. The number of nitrogens with one attached hydrogen (secondary N) is 2. The number of hydrogen-bond donors (Lipinski definition) is 2. The highest BCUT2D eigenvalue weighted by atomic mass is 16.7. The van der Waals surface area contributed by atoms with Crippen LogP contribution in [0.15, 0.2) is 24.3 Å². The number of carbonyl (C=O) groups excluding carboxylic acids is 2. The molecule has 1 aliphatic carbocycles. The Morgan fingerprint density at radius 2 is 2.00 bits per heavy atom. The molecule has 1 unspecified atom stereocenters. The fraction of sp³-hybridized carbons (Fsp3) is 0.471. The largest absolute Gasteiger partial charge is 0.347 e. The van der Waals surface area contributed by atoms with E-state index in [-0.39, 0.29) is 12.6 Å². The Morgan fingerprint density at radius 1 is 1.25 bits per heavy atom. The zero-order chi connectivity index (χ0) is 17.0. The zero-order valence-electron chi connectivity index (χ0n) is 13.2. The van der Waals surface area contributed by atoms with Crippen molar-refractivity contribution in [2.45, 2.75) is 37.6 Å². The van der Waals surface area contributed by atoms with Gasteiger partial charge in [0.15, 0.2) is 5.79 Å². The number of rotatable bonds is 3. The summed E-state index contributed by atoms with van der Waals surface area (Å²) in [4.78, 5) is 23.8. The Kier molecular flexibility index (Phi) is 4.79. The van der Waals surface area contributed by atoms with Crippen LogP contribution in [0.5, 0.6) is 0 Å². The molecule has 0 aromatic heterocycles. The molecule has 2 fully saturated rings. The second kappa shape index (κ2) is 6.99. The molecule has 2 aliphatic rings. The minimum atomic E-state index is -0.813. The first-order valence-electron chi connectivity index (χ1n) is 8.02. The van der Waals surface area contributed by atoms with Crippen LogP contribution in [-0.4, -0.2) is 36.9 Å². The molecule has 1 aliphatic heterocycles. The minimum absolute atomic E-state index is 0.216. The maximum atomic E-state index is 11.9. The topological polar surface area (TPSA) is 100 Å². The molecule has 2 N–H and O–H groups in total. The summed E-state index contributed by atoms with van der Waals surface area (Å²) < 4.78 is 11.6. The number of anilines is 1. The number of para-hydroxylation sites is 1. The predicted molar refractivity (Wildman–Crippen MR) is 84.8 cm³/mol. The Morgan fingerprint density at radius 3 is 2.75 bits per heavy atom. The van der Waals surface area contributed by atoms with E-state index in [1.165, 1.54) is 0 Å². The van der Waals surface area contributed by atoms with Crippen LogP contribution in [0, 0.1) is 11.3 Å². The van der Waals surface area contributed by atoms with Gasteiger partial charge in [-0.05, 0) is 25.0 Å². The number of nitriles is 1. The second-order valence-electron chi connectivity index (χ2n) is 5.99. The summed E-state index contributed by atoms with van der Waals surface area (Å²) in [5.41, 5.74) is 0.611. The highest BCUT2D eigenvalue weighted by Crippen LogP contribution is 2.38. The molecule has 126 valence electrons. The highest BCUT2D eigenvalue weighted by Gasteiger charge is 2.43. The lowest BCUT2D eigenvalue weighted by atomic mass is 10.2. The van der Waals surface area contributed by atoms with Gasteiger partial charge in [-0.25, -0.2) is 0 Å². The molecular formula is C17H19N3O4. The molecule has 1 aromatic rings. The summed E-state index contributed by atoms with van der Waals surface area (Å²) in [5.74, 6) is -2.06. The van der Waals surface area contributed by atoms with E-state index in [0.29, 0.717) is 17.9 Å². The fourth-order valence-corrected chi connectivity index (χ4v) is 3.05. The normalized spacial score (nSPS) is 21.4. The van der Waals surface area contributed by atoms with Crippen molar-refractivity contribution in [2.75, 3.05) is 18.5 Å². The summed E-state index contributed by atoms with van der Waals surface area (Å²) in [5, 5.41) is 14.0. The van der Waals surface area contributed by atoms with E-state index >= 15 is 0 Å². The van der Waals surface area contributed by atoms with Gasteiger partial charge < -0.3 is 20.1 Å². The SMILES string of the molecule is N#Cc1ccccc1NC(=O)C(=O)NCC1COC2(CCCC2)O1. The van der Waals surface area contributed by atoms with E-state index in [2.05, 4.69) is 10.6 Å². The maximum absolute atomic E-state index is 11.9. The predicted octanol–water partition coefficient (Wildman–Crippen LogP) is 1.30. The fourth-order valence-electron chi connectivity index (χ4n) is 3.05. The molecule has 24 heavy (non-hydrogen) atoms. The molecule has 1 saturated carbocycles. The van der Waals surface area contributed by atoms with Gasteiger partial charge in [-0.1, -0.05) is 12.1 Å². The summed E-state index contributed by atoms with van der Waals surface area (Å²) in [6, 6.07) is 8.46. The lowest BCUT2D eigenvalue weighted by molar-refractivity contribution is -0.161. The van der Waals surface area contributed by atoms with E-state index in [1.54, 1.807) is 24.3 Å². The first kappa shape index (κ1) is 16.4. The van der Waals surface area contributed by atoms with Crippen molar-refractivity contribution in [2.24, 2.45) is 0 Å². The van der Waals surface area contributed by atoms with Crippen LogP contribution >= 0.6 is 0 Å². The Balaban J connectivity index is 1.48. The zero-order valence-corrected chi connectivity index (χ0v) is 13.2. The molecular weight excluding hydrogens is 310 g/mol. The van der Waals surface area contributed by atoms with Gasteiger partial charge in [-0.2, -0.15) is 5.26 Å². The number of ether oxygens (including phenoxy) is 2. The van der Waals surface area contributed by atoms with E-state index in [4.69, 9.17) is 14.7 Å². The van der Waals surface area contributed by atoms with E-state index in [1.807, 2.05) is 6.07 Å².